The molecule has 0 radical (unpaired) electrons. The van der Waals surface area contributed by atoms with Crippen LogP contribution in [0.2, 0.25) is 0 Å². The molecule has 1 aliphatic heterocycles. The lowest BCUT2D eigenvalue weighted by Gasteiger charge is -2.33. The number of carbonyl (C=O) groups is 2. The quantitative estimate of drug-likeness (QED) is 0.789. The zero-order valence-electron chi connectivity index (χ0n) is 10.3. The zero-order chi connectivity index (χ0) is 12.6. The number of hydrogen-bond donors (Lipinski definition) is 1. The van der Waals surface area contributed by atoms with Crippen molar-refractivity contribution in [3.05, 3.63) is 29.3 Å². The van der Waals surface area contributed by atoms with Crippen LogP contribution in [0.15, 0.2) is 18.2 Å². The molecular formula is C13H16N2O2. The molecule has 0 aliphatic carbocycles. The first-order valence-electron chi connectivity index (χ1n) is 5.67. The summed E-state index contributed by atoms with van der Waals surface area (Å²) in [5.74, 6) is -0.170. The number of aryl methyl sites for hydroxylation is 2. The van der Waals surface area contributed by atoms with Crippen molar-refractivity contribution in [3.63, 3.8) is 0 Å². The fourth-order valence-electron chi connectivity index (χ4n) is 2.05. The number of anilines is 1. The third-order valence-electron chi connectivity index (χ3n) is 3.07. The van der Waals surface area contributed by atoms with Gasteiger partial charge in [0.05, 0.1) is 6.54 Å². The molecule has 90 valence electrons. The zero-order valence-corrected chi connectivity index (χ0v) is 10.3. The van der Waals surface area contributed by atoms with Crippen molar-refractivity contribution in [1.29, 1.82) is 0 Å². The van der Waals surface area contributed by atoms with Crippen LogP contribution in [-0.2, 0) is 9.59 Å². The molecule has 1 fully saturated rings. The van der Waals surface area contributed by atoms with Crippen molar-refractivity contribution >= 4 is 17.5 Å². The summed E-state index contributed by atoms with van der Waals surface area (Å²) in [6, 6.07) is 5.47. The van der Waals surface area contributed by atoms with Gasteiger partial charge in [0.2, 0.25) is 11.8 Å². The van der Waals surface area contributed by atoms with Crippen molar-refractivity contribution in [2.75, 3.05) is 11.4 Å². The van der Waals surface area contributed by atoms with Crippen LogP contribution in [0.25, 0.3) is 0 Å². The molecule has 0 bridgehead atoms. The van der Waals surface area contributed by atoms with E-state index in [1.165, 1.54) is 0 Å². The van der Waals surface area contributed by atoms with E-state index < -0.39 is 6.04 Å². The molecule has 4 nitrogen and oxygen atoms in total. The molecule has 1 N–H and O–H groups in total. The van der Waals surface area contributed by atoms with Crippen molar-refractivity contribution in [1.82, 2.24) is 5.32 Å². The second kappa shape index (κ2) is 4.20. The molecule has 1 saturated heterocycles. The van der Waals surface area contributed by atoms with Crippen LogP contribution in [0.1, 0.15) is 18.1 Å². The van der Waals surface area contributed by atoms with Crippen LogP contribution in [0.3, 0.4) is 0 Å². The SMILES string of the molecule is Cc1ccc(C)c(N2C(=O)CNC(=O)C2C)c1. The number of carbonyl (C=O) groups excluding carboxylic acids is 2. The molecule has 4 heteroatoms. The maximum Gasteiger partial charge on any atom is 0.247 e. The minimum absolute atomic E-state index is 0.0641. The molecule has 1 unspecified atom stereocenters. The van der Waals surface area contributed by atoms with E-state index in [1.54, 1.807) is 11.8 Å². The lowest BCUT2D eigenvalue weighted by Crippen LogP contribution is -2.57. The molecule has 1 heterocycles. The van der Waals surface area contributed by atoms with Crippen LogP contribution in [0, 0.1) is 13.8 Å². The van der Waals surface area contributed by atoms with Gasteiger partial charge in [-0.25, -0.2) is 0 Å². The number of amides is 2. The van der Waals surface area contributed by atoms with Gasteiger partial charge >= 0.3 is 0 Å². The summed E-state index contributed by atoms with van der Waals surface area (Å²) in [7, 11) is 0. The predicted octanol–water partition coefficient (Wildman–Crippen LogP) is 1.15. The van der Waals surface area contributed by atoms with Crippen LogP contribution in [-0.4, -0.2) is 24.4 Å². The maximum absolute atomic E-state index is 11.9. The molecule has 1 aromatic carbocycles. The largest absolute Gasteiger partial charge is 0.345 e. The minimum Gasteiger partial charge on any atom is -0.345 e. The van der Waals surface area contributed by atoms with Crippen LogP contribution >= 0.6 is 0 Å². The van der Waals surface area contributed by atoms with E-state index in [4.69, 9.17) is 0 Å². The number of hydrogen-bond acceptors (Lipinski definition) is 2. The molecule has 0 spiro atoms. The van der Waals surface area contributed by atoms with E-state index in [0.29, 0.717) is 0 Å². The number of benzene rings is 1. The minimum atomic E-state index is -0.447. The van der Waals surface area contributed by atoms with E-state index in [0.717, 1.165) is 16.8 Å². The van der Waals surface area contributed by atoms with Crippen LogP contribution < -0.4 is 10.2 Å². The van der Waals surface area contributed by atoms with E-state index in [-0.39, 0.29) is 18.4 Å². The Morgan fingerprint density at radius 1 is 1.29 bits per heavy atom. The highest BCUT2D eigenvalue weighted by Crippen LogP contribution is 2.25. The Labute approximate surface area is 101 Å². The third-order valence-corrected chi connectivity index (χ3v) is 3.07. The van der Waals surface area contributed by atoms with Gasteiger partial charge in [-0.15, -0.1) is 0 Å². The first kappa shape index (κ1) is 11.6. The predicted molar refractivity (Wildman–Crippen MR) is 65.9 cm³/mol. The first-order chi connectivity index (χ1) is 8.00. The Morgan fingerprint density at radius 3 is 2.71 bits per heavy atom. The van der Waals surface area contributed by atoms with Gasteiger partial charge in [0.1, 0.15) is 6.04 Å². The van der Waals surface area contributed by atoms with Gasteiger partial charge in [0.25, 0.3) is 0 Å². The van der Waals surface area contributed by atoms with Gasteiger partial charge in [0, 0.05) is 5.69 Å². The average Bonchev–Trinajstić information content (AvgIpc) is 2.29. The van der Waals surface area contributed by atoms with E-state index >= 15 is 0 Å². The summed E-state index contributed by atoms with van der Waals surface area (Å²) in [6.45, 7) is 5.74. The van der Waals surface area contributed by atoms with Gasteiger partial charge in [0.15, 0.2) is 0 Å². The fraction of sp³-hybridized carbons (Fsp3) is 0.385. The molecule has 17 heavy (non-hydrogen) atoms. The molecule has 2 rings (SSSR count). The third kappa shape index (κ3) is 2.02. The smallest absolute Gasteiger partial charge is 0.247 e. The van der Waals surface area contributed by atoms with E-state index in [2.05, 4.69) is 5.32 Å². The highest BCUT2D eigenvalue weighted by atomic mass is 16.2. The average molecular weight is 232 g/mol. The van der Waals surface area contributed by atoms with Crippen LogP contribution in [0.4, 0.5) is 5.69 Å². The Balaban J connectivity index is 2.46. The molecule has 0 saturated carbocycles. The second-order valence-electron chi connectivity index (χ2n) is 4.45. The lowest BCUT2D eigenvalue weighted by molar-refractivity contribution is -0.130. The summed E-state index contributed by atoms with van der Waals surface area (Å²) in [6.07, 6.45) is 0. The summed E-state index contributed by atoms with van der Waals surface area (Å²) >= 11 is 0. The number of piperazine rings is 1. The summed E-state index contributed by atoms with van der Waals surface area (Å²) in [4.78, 5) is 25.1. The molecule has 0 aromatic heterocycles. The Kier molecular flexibility index (Phi) is 2.88. The van der Waals surface area contributed by atoms with E-state index in [9.17, 15) is 9.59 Å². The van der Waals surface area contributed by atoms with Crippen LogP contribution in [0.5, 0.6) is 0 Å². The standard InChI is InChI=1S/C13H16N2O2/c1-8-4-5-9(2)11(6-8)15-10(3)13(17)14-7-12(15)16/h4-6,10H,7H2,1-3H3,(H,14,17). The molecular weight excluding hydrogens is 216 g/mol. The molecule has 1 atom stereocenters. The Morgan fingerprint density at radius 2 is 2.00 bits per heavy atom. The number of rotatable bonds is 1. The van der Waals surface area contributed by atoms with Gasteiger partial charge < -0.3 is 5.32 Å². The van der Waals surface area contributed by atoms with Gasteiger partial charge in [-0.05, 0) is 38.0 Å². The summed E-state index contributed by atoms with van der Waals surface area (Å²) in [5, 5.41) is 2.59. The summed E-state index contributed by atoms with van der Waals surface area (Å²) in [5.41, 5.74) is 2.92. The highest BCUT2D eigenvalue weighted by Gasteiger charge is 2.32. The van der Waals surface area contributed by atoms with Gasteiger partial charge in [-0.3, -0.25) is 14.5 Å². The second-order valence-corrected chi connectivity index (χ2v) is 4.45. The van der Waals surface area contributed by atoms with Crippen molar-refractivity contribution < 1.29 is 9.59 Å². The van der Waals surface area contributed by atoms with Crippen molar-refractivity contribution in [3.8, 4) is 0 Å². The molecule has 1 aliphatic rings. The normalized spacial score (nSPS) is 20.4. The Bertz CT molecular complexity index is 482. The molecule has 2 amide bonds. The number of nitrogens with zero attached hydrogens (tertiary/aromatic N) is 1. The van der Waals surface area contributed by atoms with E-state index in [1.807, 2.05) is 32.0 Å². The van der Waals surface area contributed by atoms with Gasteiger partial charge in [-0.2, -0.15) is 0 Å². The molecule has 1 aromatic rings. The first-order valence-corrected chi connectivity index (χ1v) is 5.67. The topological polar surface area (TPSA) is 49.4 Å². The van der Waals surface area contributed by atoms with Gasteiger partial charge in [-0.1, -0.05) is 12.1 Å². The maximum atomic E-state index is 11.9. The summed E-state index contributed by atoms with van der Waals surface area (Å²) < 4.78 is 0. The fourth-order valence-corrected chi connectivity index (χ4v) is 2.05. The Hall–Kier alpha value is -1.84. The number of nitrogens with one attached hydrogen (secondary N) is 1. The van der Waals surface area contributed by atoms with Crippen molar-refractivity contribution in [2.24, 2.45) is 0 Å². The highest BCUT2D eigenvalue weighted by molar-refractivity contribution is 6.06. The lowest BCUT2D eigenvalue weighted by atomic mass is 10.1. The van der Waals surface area contributed by atoms with Crippen molar-refractivity contribution in [2.45, 2.75) is 26.8 Å². The monoisotopic (exact) mass is 232 g/mol.